The van der Waals surface area contributed by atoms with Crippen molar-refractivity contribution in [2.75, 3.05) is 6.54 Å². The molecular formula is C27H27N3O4. The lowest BCUT2D eigenvalue weighted by Crippen LogP contribution is -2.31. The molecule has 2 aliphatic rings. The van der Waals surface area contributed by atoms with Gasteiger partial charge in [0.2, 0.25) is 0 Å². The molecule has 1 aromatic heterocycles. The molecule has 0 spiro atoms. The van der Waals surface area contributed by atoms with E-state index >= 15 is 0 Å². The van der Waals surface area contributed by atoms with Crippen LogP contribution in [-0.2, 0) is 22.6 Å². The highest BCUT2D eigenvalue weighted by molar-refractivity contribution is 6.46. The Morgan fingerprint density at radius 2 is 1.94 bits per heavy atom. The average Bonchev–Trinajstić information content (AvgIpc) is 3.53. The summed E-state index contributed by atoms with van der Waals surface area (Å²) < 4.78 is 7.70. The molecule has 1 fully saturated rings. The van der Waals surface area contributed by atoms with Gasteiger partial charge >= 0.3 is 0 Å². The maximum absolute atomic E-state index is 13.2. The number of likely N-dealkylation sites (tertiary alicyclic amines) is 1. The van der Waals surface area contributed by atoms with E-state index < -0.39 is 17.7 Å². The first-order valence-electron chi connectivity index (χ1n) is 11.5. The van der Waals surface area contributed by atoms with Crippen molar-refractivity contribution in [3.8, 4) is 5.75 Å². The molecule has 7 heteroatoms. The lowest BCUT2D eigenvalue weighted by Gasteiger charge is -2.25. The Morgan fingerprint density at radius 1 is 1.15 bits per heavy atom. The van der Waals surface area contributed by atoms with Crippen molar-refractivity contribution in [2.45, 2.75) is 45.4 Å². The summed E-state index contributed by atoms with van der Waals surface area (Å²) in [5, 5.41) is 11.3. The first kappa shape index (κ1) is 21.9. The highest BCUT2D eigenvalue weighted by atomic mass is 16.5. The molecule has 0 bridgehead atoms. The first-order chi connectivity index (χ1) is 16.4. The van der Waals surface area contributed by atoms with E-state index in [2.05, 4.69) is 4.98 Å². The maximum atomic E-state index is 13.2. The van der Waals surface area contributed by atoms with Crippen LogP contribution >= 0.6 is 0 Å². The predicted octanol–water partition coefficient (Wildman–Crippen LogP) is 4.03. The standard InChI is InChI=1S/C27H27N3O4/c1-17-4-6-19(7-5-17)24-23(25(31)20-8-9-22-21(15-20)14-18(2)34-22)26(32)27(33)30(24)12-3-11-29-13-10-28-16-29/h4-10,13,15-16,18,24,31H,3,11-12,14H2,1-2H3/b25-23+. The van der Waals surface area contributed by atoms with Crippen LogP contribution < -0.4 is 4.74 Å². The van der Waals surface area contributed by atoms with Crippen molar-refractivity contribution in [3.63, 3.8) is 0 Å². The molecule has 1 N–H and O–H groups in total. The summed E-state index contributed by atoms with van der Waals surface area (Å²) in [6, 6.07) is 12.5. The number of amides is 1. The van der Waals surface area contributed by atoms with Gasteiger partial charge in [0.15, 0.2) is 0 Å². The highest BCUT2D eigenvalue weighted by Gasteiger charge is 2.45. The largest absolute Gasteiger partial charge is 0.507 e. The summed E-state index contributed by atoms with van der Waals surface area (Å²) in [4.78, 5) is 32.0. The number of aliphatic hydroxyl groups excluding tert-OH is 1. The lowest BCUT2D eigenvalue weighted by molar-refractivity contribution is -0.139. The highest BCUT2D eigenvalue weighted by Crippen LogP contribution is 2.40. The number of carbonyl (C=O) groups is 2. The van der Waals surface area contributed by atoms with Crippen LogP contribution in [0.3, 0.4) is 0 Å². The number of imidazole rings is 1. The Balaban J connectivity index is 1.52. The summed E-state index contributed by atoms with van der Waals surface area (Å²) in [5.74, 6) is -0.603. The van der Waals surface area contributed by atoms with E-state index in [1.165, 1.54) is 0 Å². The average molecular weight is 458 g/mol. The fraction of sp³-hybridized carbons (Fsp3) is 0.296. The van der Waals surface area contributed by atoms with Crippen LogP contribution in [-0.4, -0.2) is 43.9 Å². The molecule has 5 rings (SSSR count). The van der Waals surface area contributed by atoms with Gasteiger partial charge in [-0.05, 0) is 49.6 Å². The number of benzene rings is 2. The van der Waals surface area contributed by atoms with Gasteiger partial charge in [-0.25, -0.2) is 4.98 Å². The fourth-order valence-electron chi connectivity index (χ4n) is 4.77. The van der Waals surface area contributed by atoms with Gasteiger partial charge in [-0.3, -0.25) is 9.59 Å². The SMILES string of the molecule is Cc1ccc(C2/C(=C(\O)c3ccc4c(c3)CC(C)O4)C(=O)C(=O)N2CCCn2ccnc2)cc1. The molecule has 2 atom stereocenters. The van der Waals surface area contributed by atoms with Crippen LogP contribution in [0.1, 0.15) is 41.6 Å². The second-order valence-corrected chi connectivity index (χ2v) is 9.01. The molecule has 2 aromatic carbocycles. The van der Waals surface area contributed by atoms with Crippen LogP contribution in [0.15, 0.2) is 66.8 Å². The number of Topliss-reactive ketones (excluding diaryl/α,β-unsaturated/α-hetero) is 1. The number of aromatic nitrogens is 2. The quantitative estimate of drug-likeness (QED) is 0.343. The van der Waals surface area contributed by atoms with Gasteiger partial charge in [0.1, 0.15) is 17.6 Å². The molecule has 1 saturated heterocycles. The van der Waals surface area contributed by atoms with Crippen molar-refractivity contribution in [2.24, 2.45) is 0 Å². The topological polar surface area (TPSA) is 84.7 Å². The van der Waals surface area contributed by atoms with E-state index in [9.17, 15) is 14.7 Å². The van der Waals surface area contributed by atoms with Gasteiger partial charge in [0.25, 0.3) is 11.7 Å². The molecule has 2 unspecified atom stereocenters. The molecule has 2 aliphatic heterocycles. The normalized spacial score (nSPS) is 21.1. The van der Waals surface area contributed by atoms with Crippen molar-refractivity contribution in [1.29, 1.82) is 0 Å². The van der Waals surface area contributed by atoms with Crippen molar-refractivity contribution in [3.05, 3.63) is 89.0 Å². The third-order valence-corrected chi connectivity index (χ3v) is 6.48. The van der Waals surface area contributed by atoms with E-state index in [-0.39, 0.29) is 17.4 Å². The number of fused-ring (bicyclic) bond motifs is 1. The zero-order chi connectivity index (χ0) is 23.8. The Morgan fingerprint density at radius 3 is 2.68 bits per heavy atom. The van der Waals surface area contributed by atoms with E-state index in [4.69, 9.17) is 4.74 Å². The molecule has 34 heavy (non-hydrogen) atoms. The van der Waals surface area contributed by atoms with E-state index in [0.717, 1.165) is 28.9 Å². The Hall–Kier alpha value is -3.87. The smallest absolute Gasteiger partial charge is 0.295 e. The summed E-state index contributed by atoms with van der Waals surface area (Å²) in [6.45, 7) is 5.03. The number of rotatable bonds is 6. The molecule has 0 radical (unpaired) electrons. The van der Waals surface area contributed by atoms with Gasteiger partial charge < -0.3 is 19.3 Å². The number of hydrogen-bond donors (Lipinski definition) is 1. The monoisotopic (exact) mass is 457 g/mol. The number of aryl methyl sites for hydroxylation is 2. The molecule has 3 aromatic rings. The number of aliphatic hydroxyl groups is 1. The van der Waals surface area contributed by atoms with Crippen LogP contribution in [0.2, 0.25) is 0 Å². The second-order valence-electron chi connectivity index (χ2n) is 9.01. The van der Waals surface area contributed by atoms with Gasteiger partial charge in [-0.2, -0.15) is 0 Å². The molecule has 3 heterocycles. The molecule has 1 amide bonds. The number of ether oxygens (including phenoxy) is 1. The maximum Gasteiger partial charge on any atom is 0.295 e. The minimum absolute atomic E-state index is 0.0704. The number of hydrogen-bond acceptors (Lipinski definition) is 5. The third kappa shape index (κ3) is 3.98. The van der Waals surface area contributed by atoms with Crippen molar-refractivity contribution < 1.29 is 19.4 Å². The number of ketones is 1. The van der Waals surface area contributed by atoms with E-state index in [1.807, 2.05) is 61.0 Å². The molecular weight excluding hydrogens is 430 g/mol. The number of carbonyl (C=O) groups excluding carboxylic acids is 2. The van der Waals surface area contributed by atoms with Crippen LogP contribution in [0.4, 0.5) is 0 Å². The summed E-state index contributed by atoms with van der Waals surface area (Å²) >= 11 is 0. The molecule has 174 valence electrons. The summed E-state index contributed by atoms with van der Waals surface area (Å²) in [5.41, 5.74) is 3.51. The van der Waals surface area contributed by atoms with Gasteiger partial charge in [0, 0.05) is 37.5 Å². The third-order valence-electron chi connectivity index (χ3n) is 6.48. The molecule has 7 nitrogen and oxygen atoms in total. The first-order valence-corrected chi connectivity index (χ1v) is 11.5. The van der Waals surface area contributed by atoms with Gasteiger partial charge in [-0.1, -0.05) is 29.8 Å². The van der Waals surface area contributed by atoms with Crippen LogP contribution in [0, 0.1) is 6.92 Å². The Bertz CT molecular complexity index is 1260. The Kier molecular flexibility index (Phi) is 5.69. The molecule has 0 saturated carbocycles. The van der Waals surface area contributed by atoms with Crippen LogP contribution in [0.5, 0.6) is 5.75 Å². The van der Waals surface area contributed by atoms with Crippen LogP contribution in [0.25, 0.3) is 5.76 Å². The predicted molar refractivity (Wildman–Crippen MR) is 127 cm³/mol. The molecule has 0 aliphatic carbocycles. The van der Waals surface area contributed by atoms with Gasteiger partial charge in [0.05, 0.1) is 17.9 Å². The number of nitrogens with zero attached hydrogens (tertiary/aromatic N) is 3. The fourth-order valence-corrected chi connectivity index (χ4v) is 4.77. The Labute approximate surface area is 198 Å². The zero-order valence-electron chi connectivity index (χ0n) is 19.3. The lowest BCUT2D eigenvalue weighted by atomic mass is 9.94. The van der Waals surface area contributed by atoms with E-state index in [1.54, 1.807) is 23.5 Å². The minimum Gasteiger partial charge on any atom is -0.507 e. The van der Waals surface area contributed by atoms with Crippen molar-refractivity contribution >= 4 is 17.4 Å². The zero-order valence-corrected chi connectivity index (χ0v) is 19.3. The van der Waals surface area contributed by atoms with Gasteiger partial charge in [-0.15, -0.1) is 0 Å². The summed E-state index contributed by atoms with van der Waals surface area (Å²) in [6.07, 6.45) is 6.76. The van der Waals surface area contributed by atoms with Crippen molar-refractivity contribution in [1.82, 2.24) is 14.5 Å². The summed E-state index contributed by atoms with van der Waals surface area (Å²) in [7, 11) is 0. The van der Waals surface area contributed by atoms with E-state index in [0.29, 0.717) is 25.1 Å². The minimum atomic E-state index is -0.657. The second kappa shape index (κ2) is 8.82.